The van der Waals surface area contributed by atoms with Crippen molar-refractivity contribution in [3.63, 3.8) is 0 Å². The molecule has 0 atom stereocenters. The Morgan fingerprint density at radius 3 is 2.42 bits per heavy atom. The molecule has 1 aliphatic carbocycles. The van der Waals surface area contributed by atoms with Gasteiger partial charge in [-0.05, 0) is 36.1 Å². The summed E-state index contributed by atoms with van der Waals surface area (Å²) in [6, 6.07) is 18.4. The van der Waals surface area contributed by atoms with E-state index in [0.29, 0.717) is 6.54 Å². The molecule has 0 radical (unpaired) electrons. The molecule has 1 fully saturated rings. The predicted molar refractivity (Wildman–Crippen MR) is 102 cm³/mol. The maximum atomic E-state index is 13.1. The molecule has 1 aromatic heterocycles. The van der Waals surface area contributed by atoms with Crippen LogP contribution in [-0.2, 0) is 16.8 Å². The minimum atomic E-state index is -0.363. The summed E-state index contributed by atoms with van der Waals surface area (Å²) in [5, 5.41) is 3.18. The first kappa shape index (κ1) is 16.6. The zero-order valence-electron chi connectivity index (χ0n) is 14.8. The molecule has 1 heterocycles. The number of hydrogen-bond acceptors (Lipinski definition) is 2. The first-order valence-corrected chi connectivity index (χ1v) is 9.19. The van der Waals surface area contributed by atoms with E-state index in [1.54, 1.807) is 12.5 Å². The molecular weight excluding hydrogens is 322 g/mol. The lowest BCUT2D eigenvalue weighted by Crippen LogP contribution is -2.42. The van der Waals surface area contributed by atoms with Gasteiger partial charge in [-0.15, -0.1) is 0 Å². The molecule has 4 rings (SSSR count). The third kappa shape index (κ3) is 3.15. The maximum Gasteiger partial charge on any atom is 0.230 e. The van der Waals surface area contributed by atoms with Crippen molar-refractivity contribution in [2.75, 3.05) is 0 Å². The standard InChI is InChI=1S/C22H23N3O/c26-21(22(12-4-5-13-22)19-6-2-1-3-7-19)24-16-18-8-10-20(11-9-18)25-15-14-23-17-25/h1-3,6-11,14-15,17H,4-5,12-13,16H2,(H,24,26). The molecule has 0 spiro atoms. The summed E-state index contributed by atoms with van der Waals surface area (Å²) in [5.74, 6) is 0.153. The first-order valence-electron chi connectivity index (χ1n) is 9.19. The van der Waals surface area contributed by atoms with Crippen LogP contribution in [0.15, 0.2) is 73.3 Å². The number of hydrogen-bond donors (Lipinski definition) is 1. The minimum Gasteiger partial charge on any atom is -0.351 e. The van der Waals surface area contributed by atoms with Crippen LogP contribution >= 0.6 is 0 Å². The number of rotatable bonds is 5. The molecule has 1 N–H and O–H groups in total. The van der Waals surface area contributed by atoms with Crippen LogP contribution in [0.2, 0.25) is 0 Å². The Bertz CT molecular complexity index is 848. The normalized spacial score (nSPS) is 15.7. The van der Waals surface area contributed by atoms with Crippen molar-refractivity contribution in [1.29, 1.82) is 0 Å². The minimum absolute atomic E-state index is 0.153. The molecule has 4 nitrogen and oxygen atoms in total. The SMILES string of the molecule is O=C(NCc1ccc(-n2ccnc2)cc1)C1(c2ccccc2)CCCC1. The van der Waals surface area contributed by atoms with Crippen LogP contribution in [0.4, 0.5) is 0 Å². The number of benzene rings is 2. The molecule has 0 bridgehead atoms. The summed E-state index contributed by atoms with van der Waals surface area (Å²) in [4.78, 5) is 17.1. The lowest BCUT2D eigenvalue weighted by Gasteiger charge is -2.28. The Labute approximate surface area is 153 Å². The van der Waals surface area contributed by atoms with Crippen LogP contribution in [0.3, 0.4) is 0 Å². The zero-order valence-corrected chi connectivity index (χ0v) is 14.8. The van der Waals surface area contributed by atoms with Crippen LogP contribution in [0.1, 0.15) is 36.8 Å². The fourth-order valence-electron chi connectivity index (χ4n) is 3.93. The van der Waals surface area contributed by atoms with Crippen molar-refractivity contribution >= 4 is 5.91 Å². The highest BCUT2D eigenvalue weighted by molar-refractivity contribution is 5.88. The average Bonchev–Trinajstić information content (AvgIpc) is 3.40. The Balaban J connectivity index is 1.46. The number of nitrogens with zero attached hydrogens (tertiary/aromatic N) is 2. The van der Waals surface area contributed by atoms with Crippen LogP contribution in [0, 0.1) is 0 Å². The molecule has 26 heavy (non-hydrogen) atoms. The van der Waals surface area contributed by atoms with Gasteiger partial charge in [-0.25, -0.2) is 4.98 Å². The fraction of sp³-hybridized carbons (Fsp3) is 0.273. The smallest absolute Gasteiger partial charge is 0.230 e. The molecule has 0 unspecified atom stereocenters. The summed E-state index contributed by atoms with van der Waals surface area (Å²) in [6.45, 7) is 0.553. The van der Waals surface area contributed by atoms with Gasteiger partial charge in [0.05, 0.1) is 11.7 Å². The molecular formula is C22H23N3O. The van der Waals surface area contributed by atoms with E-state index in [2.05, 4.69) is 34.6 Å². The second-order valence-corrected chi connectivity index (χ2v) is 6.97. The summed E-state index contributed by atoms with van der Waals surface area (Å²) in [6.07, 6.45) is 9.55. The molecule has 0 aliphatic heterocycles. The first-order chi connectivity index (χ1) is 12.8. The maximum absolute atomic E-state index is 13.1. The van der Waals surface area contributed by atoms with Gasteiger partial charge in [0.1, 0.15) is 0 Å². The zero-order chi connectivity index (χ0) is 17.8. The fourth-order valence-corrected chi connectivity index (χ4v) is 3.93. The third-order valence-electron chi connectivity index (χ3n) is 5.41. The Morgan fingerprint density at radius 1 is 1.04 bits per heavy atom. The van der Waals surface area contributed by atoms with E-state index < -0.39 is 0 Å². The highest BCUT2D eigenvalue weighted by atomic mass is 16.2. The molecule has 3 aromatic rings. The summed E-state index contributed by atoms with van der Waals surface area (Å²) in [5.41, 5.74) is 2.95. The van der Waals surface area contributed by atoms with Gasteiger partial charge in [-0.2, -0.15) is 0 Å². The lowest BCUT2D eigenvalue weighted by atomic mass is 9.78. The van der Waals surface area contributed by atoms with Crippen LogP contribution < -0.4 is 5.32 Å². The quantitative estimate of drug-likeness (QED) is 0.760. The van der Waals surface area contributed by atoms with Crippen molar-refractivity contribution in [2.45, 2.75) is 37.6 Å². The van der Waals surface area contributed by atoms with Crippen molar-refractivity contribution in [2.24, 2.45) is 0 Å². The van der Waals surface area contributed by atoms with Crippen LogP contribution in [0.5, 0.6) is 0 Å². The van der Waals surface area contributed by atoms with Gasteiger partial charge in [0.2, 0.25) is 5.91 Å². The van der Waals surface area contributed by atoms with Crippen molar-refractivity contribution in [3.05, 3.63) is 84.4 Å². The highest BCUT2D eigenvalue weighted by Crippen LogP contribution is 2.41. The van der Waals surface area contributed by atoms with E-state index in [1.165, 1.54) is 0 Å². The van der Waals surface area contributed by atoms with Gasteiger partial charge < -0.3 is 9.88 Å². The molecule has 0 saturated heterocycles. The molecule has 4 heteroatoms. The van der Waals surface area contributed by atoms with Crippen molar-refractivity contribution in [3.8, 4) is 5.69 Å². The van der Waals surface area contributed by atoms with E-state index in [1.807, 2.05) is 41.1 Å². The third-order valence-corrected chi connectivity index (χ3v) is 5.41. The average molecular weight is 345 g/mol. The number of imidazole rings is 1. The van der Waals surface area contributed by atoms with Gasteiger partial charge in [-0.1, -0.05) is 55.3 Å². The number of carbonyl (C=O) groups is 1. The highest BCUT2D eigenvalue weighted by Gasteiger charge is 2.42. The number of carbonyl (C=O) groups excluding carboxylic acids is 1. The van der Waals surface area contributed by atoms with Gasteiger partial charge in [-0.3, -0.25) is 4.79 Å². The Hall–Kier alpha value is -2.88. The molecule has 1 amide bonds. The monoisotopic (exact) mass is 345 g/mol. The second kappa shape index (κ2) is 7.16. The van der Waals surface area contributed by atoms with E-state index in [9.17, 15) is 4.79 Å². The number of amides is 1. The summed E-state index contributed by atoms with van der Waals surface area (Å²) in [7, 11) is 0. The van der Waals surface area contributed by atoms with Crippen molar-refractivity contribution in [1.82, 2.24) is 14.9 Å². The molecule has 1 saturated carbocycles. The van der Waals surface area contributed by atoms with Crippen LogP contribution in [0.25, 0.3) is 5.69 Å². The van der Waals surface area contributed by atoms with Gasteiger partial charge >= 0.3 is 0 Å². The number of nitrogens with one attached hydrogen (secondary N) is 1. The van der Waals surface area contributed by atoms with Gasteiger partial charge in [0.15, 0.2) is 0 Å². The largest absolute Gasteiger partial charge is 0.351 e. The van der Waals surface area contributed by atoms with Crippen molar-refractivity contribution < 1.29 is 4.79 Å². The Morgan fingerprint density at radius 2 is 1.77 bits per heavy atom. The molecule has 2 aromatic carbocycles. The molecule has 1 aliphatic rings. The van der Waals surface area contributed by atoms with E-state index in [-0.39, 0.29) is 11.3 Å². The Kier molecular flexibility index (Phi) is 4.57. The van der Waals surface area contributed by atoms with Gasteiger partial charge in [0.25, 0.3) is 0 Å². The topological polar surface area (TPSA) is 46.9 Å². The van der Waals surface area contributed by atoms with E-state index in [4.69, 9.17) is 0 Å². The lowest BCUT2D eigenvalue weighted by molar-refractivity contribution is -0.126. The van der Waals surface area contributed by atoms with Crippen LogP contribution in [-0.4, -0.2) is 15.5 Å². The predicted octanol–water partition coefficient (Wildman–Crippen LogP) is 4.00. The molecule has 132 valence electrons. The number of aromatic nitrogens is 2. The van der Waals surface area contributed by atoms with E-state index in [0.717, 1.165) is 42.5 Å². The summed E-state index contributed by atoms with van der Waals surface area (Å²) >= 11 is 0. The van der Waals surface area contributed by atoms with E-state index >= 15 is 0 Å². The summed E-state index contributed by atoms with van der Waals surface area (Å²) < 4.78 is 1.96. The second-order valence-electron chi connectivity index (χ2n) is 6.97. The van der Waals surface area contributed by atoms with Gasteiger partial charge in [0, 0.05) is 24.6 Å².